The average Bonchev–Trinajstić information content (AvgIpc) is 2.57. The molecule has 0 aliphatic rings. The molecule has 1 aromatic heterocycles. The van der Waals surface area contributed by atoms with Crippen LogP contribution in [0.3, 0.4) is 0 Å². The Kier molecular flexibility index (Phi) is 2.31. The molecule has 0 aliphatic carbocycles. The van der Waals surface area contributed by atoms with Crippen LogP contribution in [0.4, 0.5) is 0 Å². The molecule has 3 nitrogen and oxygen atoms in total. The Morgan fingerprint density at radius 1 is 1.21 bits per heavy atom. The molecule has 2 aromatic rings. The van der Waals surface area contributed by atoms with Crippen LogP contribution in [0.25, 0.3) is 11.0 Å². The van der Waals surface area contributed by atoms with Gasteiger partial charge < -0.3 is 0 Å². The Balaban J connectivity index is 2.31. The highest BCUT2D eigenvalue weighted by atomic mass is 15.5. The minimum atomic E-state index is 0.747. The highest BCUT2D eigenvalue weighted by Gasteiger charge is 1.98. The monoisotopic (exact) mass is 187 g/mol. The van der Waals surface area contributed by atoms with Crippen molar-refractivity contribution in [3.63, 3.8) is 0 Å². The number of benzene rings is 1. The van der Waals surface area contributed by atoms with Crippen LogP contribution in [-0.4, -0.2) is 15.0 Å². The molecule has 2 rings (SSSR count). The molecule has 0 unspecified atom stereocenters. The van der Waals surface area contributed by atoms with Crippen LogP contribution in [0.5, 0.6) is 0 Å². The molecule has 3 heteroatoms. The summed E-state index contributed by atoms with van der Waals surface area (Å²) >= 11 is 0. The molecule has 1 heterocycles. The summed E-state index contributed by atoms with van der Waals surface area (Å²) in [5.41, 5.74) is 3.19. The molecule has 0 spiro atoms. The molecular formula is C11H13N3. The van der Waals surface area contributed by atoms with Crippen LogP contribution in [0, 0.1) is 0 Å². The van der Waals surface area contributed by atoms with Gasteiger partial charge in [0.25, 0.3) is 0 Å². The quantitative estimate of drug-likeness (QED) is 0.676. The van der Waals surface area contributed by atoms with E-state index in [1.54, 1.807) is 4.80 Å². The highest BCUT2D eigenvalue weighted by Crippen LogP contribution is 2.06. The lowest BCUT2D eigenvalue weighted by Gasteiger charge is -1.92. The number of allylic oxidation sites excluding steroid dienone is 2. The Hall–Kier alpha value is -1.64. The summed E-state index contributed by atoms with van der Waals surface area (Å²) in [6, 6.07) is 7.90. The van der Waals surface area contributed by atoms with Crippen molar-refractivity contribution in [3.05, 3.63) is 35.9 Å². The van der Waals surface area contributed by atoms with Gasteiger partial charge in [0.1, 0.15) is 11.0 Å². The topological polar surface area (TPSA) is 30.7 Å². The van der Waals surface area contributed by atoms with E-state index >= 15 is 0 Å². The first-order valence-electron chi connectivity index (χ1n) is 4.69. The summed E-state index contributed by atoms with van der Waals surface area (Å²) in [6.45, 7) is 4.89. The number of rotatable bonds is 2. The van der Waals surface area contributed by atoms with Gasteiger partial charge in [-0.2, -0.15) is 15.0 Å². The molecule has 0 amide bonds. The predicted molar refractivity (Wildman–Crippen MR) is 57.0 cm³/mol. The van der Waals surface area contributed by atoms with E-state index in [0.29, 0.717) is 0 Å². The highest BCUT2D eigenvalue weighted by molar-refractivity contribution is 5.72. The van der Waals surface area contributed by atoms with Crippen molar-refractivity contribution >= 4 is 11.0 Å². The molecule has 0 N–H and O–H groups in total. The standard InChI is InChI=1S/C11H13N3/c1-9(2)7-8-14-12-10-5-3-4-6-11(10)13-14/h3-7H,8H2,1-2H3. The number of hydrogen-bond donors (Lipinski definition) is 0. The number of hydrogen-bond acceptors (Lipinski definition) is 2. The minimum absolute atomic E-state index is 0.747. The van der Waals surface area contributed by atoms with E-state index in [-0.39, 0.29) is 0 Å². The van der Waals surface area contributed by atoms with Gasteiger partial charge in [-0.25, -0.2) is 0 Å². The fourth-order valence-corrected chi connectivity index (χ4v) is 1.25. The van der Waals surface area contributed by atoms with Crippen molar-refractivity contribution in [2.75, 3.05) is 0 Å². The molecule has 0 saturated heterocycles. The molecule has 0 bridgehead atoms. The second-order valence-electron chi connectivity index (χ2n) is 3.53. The van der Waals surface area contributed by atoms with Crippen LogP contribution < -0.4 is 0 Å². The maximum absolute atomic E-state index is 4.35. The van der Waals surface area contributed by atoms with E-state index in [9.17, 15) is 0 Å². The maximum Gasteiger partial charge on any atom is 0.113 e. The second-order valence-corrected chi connectivity index (χ2v) is 3.53. The number of aromatic nitrogens is 3. The first-order valence-corrected chi connectivity index (χ1v) is 4.69. The van der Waals surface area contributed by atoms with Gasteiger partial charge in [0.05, 0.1) is 6.54 Å². The molecule has 72 valence electrons. The Bertz CT molecular complexity index is 431. The molecular weight excluding hydrogens is 174 g/mol. The van der Waals surface area contributed by atoms with Gasteiger partial charge in [0, 0.05) is 0 Å². The zero-order valence-electron chi connectivity index (χ0n) is 8.44. The van der Waals surface area contributed by atoms with E-state index in [0.717, 1.165) is 17.6 Å². The van der Waals surface area contributed by atoms with Crippen LogP contribution in [-0.2, 0) is 6.54 Å². The summed E-state index contributed by atoms with van der Waals surface area (Å²) in [5, 5.41) is 8.69. The van der Waals surface area contributed by atoms with Crippen molar-refractivity contribution in [1.82, 2.24) is 15.0 Å². The molecule has 0 aliphatic heterocycles. The van der Waals surface area contributed by atoms with Gasteiger partial charge in [0.2, 0.25) is 0 Å². The van der Waals surface area contributed by atoms with Gasteiger partial charge in [-0.05, 0) is 26.0 Å². The van der Waals surface area contributed by atoms with Crippen molar-refractivity contribution in [3.8, 4) is 0 Å². The van der Waals surface area contributed by atoms with Crippen molar-refractivity contribution < 1.29 is 0 Å². The normalized spacial score (nSPS) is 10.4. The SMILES string of the molecule is CC(C)=CCn1nc2ccccc2n1. The van der Waals surface area contributed by atoms with E-state index in [1.165, 1.54) is 5.57 Å². The summed E-state index contributed by atoms with van der Waals surface area (Å²) in [7, 11) is 0. The molecule has 0 radical (unpaired) electrons. The van der Waals surface area contributed by atoms with Gasteiger partial charge in [0.15, 0.2) is 0 Å². The lowest BCUT2D eigenvalue weighted by atomic mass is 10.3. The molecule has 0 fully saturated rings. The number of nitrogens with zero attached hydrogens (tertiary/aromatic N) is 3. The third-order valence-corrected chi connectivity index (χ3v) is 1.99. The van der Waals surface area contributed by atoms with E-state index < -0.39 is 0 Å². The Morgan fingerprint density at radius 3 is 2.29 bits per heavy atom. The maximum atomic E-state index is 4.35. The van der Waals surface area contributed by atoms with Crippen LogP contribution >= 0.6 is 0 Å². The molecule has 1 aromatic carbocycles. The predicted octanol–water partition coefficient (Wildman–Crippen LogP) is 2.40. The van der Waals surface area contributed by atoms with Gasteiger partial charge in [-0.3, -0.25) is 0 Å². The van der Waals surface area contributed by atoms with Crippen LogP contribution in [0.2, 0.25) is 0 Å². The summed E-state index contributed by atoms with van der Waals surface area (Å²) < 4.78 is 0. The van der Waals surface area contributed by atoms with E-state index in [4.69, 9.17) is 0 Å². The molecule has 0 saturated carbocycles. The first kappa shape index (κ1) is 8.94. The molecule has 14 heavy (non-hydrogen) atoms. The van der Waals surface area contributed by atoms with Crippen LogP contribution in [0.1, 0.15) is 13.8 Å². The van der Waals surface area contributed by atoms with E-state index in [1.807, 2.05) is 24.3 Å². The summed E-state index contributed by atoms with van der Waals surface area (Å²) in [5.74, 6) is 0. The average molecular weight is 187 g/mol. The minimum Gasteiger partial charge on any atom is -0.180 e. The third-order valence-electron chi connectivity index (χ3n) is 1.99. The van der Waals surface area contributed by atoms with E-state index in [2.05, 4.69) is 30.1 Å². The van der Waals surface area contributed by atoms with Gasteiger partial charge >= 0.3 is 0 Å². The number of fused-ring (bicyclic) bond motifs is 1. The fourth-order valence-electron chi connectivity index (χ4n) is 1.25. The summed E-state index contributed by atoms with van der Waals surface area (Å²) in [4.78, 5) is 1.72. The first-order chi connectivity index (χ1) is 6.75. The smallest absolute Gasteiger partial charge is 0.113 e. The Morgan fingerprint density at radius 2 is 1.79 bits per heavy atom. The lowest BCUT2D eigenvalue weighted by Crippen LogP contribution is -1.99. The van der Waals surface area contributed by atoms with Gasteiger partial charge in [-0.15, -0.1) is 0 Å². The largest absolute Gasteiger partial charge is 0.180 e. The summed E-state index contributed by atoms with van der Waals surface area (Å²) in [6.07, 6.45) is 2.11. The third kappa shape index (κ3) is 1.82. The fraction of sp³-hybridized carbons (Fsp3) is 0.273. The van der Waals surface area contributed by atoms with Crippen molar-refractivity contribution in [2.45, 2.75) is 20.4 Å². The van der Waals surface area contributed by atoms with Gasteiger partial charge in [-0.1, -0.05) is 23.8 Å². The zero-order valence-corrected chi connectivity index (χ0v) is 8.44. The van der Waals surface area contributed by atoms with Crippen LogP contribution in [0.15, 0.2) is 35.9 Å². The zero-order chi connectivity index (χ0) is 9.97. The molecule has 0 atom stereocenters. The van der Waals surface area contributed by atoms with Crippen molar-refractivity contribution in [1.29, 1.82) is 0 Å². The lowest BCUT2D eigenvalue weighted by molar-refractivity contribution is 0.609. The van der Waals surface area contributed by atoms with Crippen molar-refractivity contribution in [2.24, 2.45) is 0 Å². The Labute approximate surface area is 83.0 Å². The second kappa shape index (κ2) is 3.62.